The molecule has 2 aliphatic rings. The summed E-state index contributed by atoms with van der Waals surface area (Å²) in [5.74, 6) is 0.0614. The summed E-state index contributed by atoms with van der Waals surface area (Å²) >= 11 is 0. The van der Waals surface area contributed by atoms with Crippen molar-refractivity contribution in [3.63, 3.8) is 0 Å². The number of rotatable bonds is 9. The third-order valence-electron chi connectivity index (χ3n) is 5.72. The first-order valence-corrected chi connectivity index (χ1v) is 13.6. The number of carbonyl (C=O) groups is 2. The molecule has 0 aromatic rings. The van der Waals surface area contributed by atoms with Gasteiger partial charge in [0.05, 0.1) is 17.5 Å². The highest BCUT2D eigenvalue weighted by molar-refractivity contribution is 7.91. The number of hydrogen-bond donors (Lipinski definition) is 2. The predicted octanol–water partition coefficient (Wildman–Crippen LogP) is 2.17. The van der Waals surface area contributed by atoms with E-state index in [-0.39, 0.29) is 47.9 Å². The van der Waals surface area contributed by atoms with E-state index in [1.807, 2.05) is 13.8 Å². The SMILES string of the molecule is CC(C)CC(NC(=O)OC(C)(C)C)/C(N)=N/OCC(=O)N(C1CCCC1)C1CCS(=O)(=O)C1. The standard InChI is InChI=1S/C22H40N4O6S/c1-15(2)12-18(24-21(28)32-22(3,4)5)20(23)25-31-13-19(27)26(16-8-6-7-9-16)17-10-11-33(29,30)14-17/h15-18H,6-14H2,1-5H3,(H2,23,25)(H,24,28). The lowest BCUT2D eigenvalue weighted by Gasteiger charge is -2.33. The molecule has 2 unspecified atom stereocenters. The molecule has 0 radical (unpaired) electrons. The van der Waals surface area contributed by atoms with Crippen LogP contribution < -0.4 is 11.1 Å². The van der Waals surface area contributed by atoms with Crippen LogP contribution in [0, 0.1) is 5.92 Å². The molecule has 33 heavy (non-hydrogen) atoms. The van der Waals surface area contributed by atoms with Crippen LogP contribution in [0.2, 0.25) is 0 Å². The maximum atomic E-state index is 13.0. The Kier molecular flexibility index (Phi) is 9.39. The van der Waals surface area contributed by atoms with E-state index in [0.717, 1.165) is 25.7 Å². The molecule has 1 aliphatic carbocycles. The summed E-state index contributed by atoms with van der Waals surface area (Å²) in [6.07, 6.45) is 4.12. The van der Waals surface area contributed by atoms with Crippen LogP contribution in [0.25, 0.3) is 0 Å². The molecule has 2 fully saturated rings. The minimum atomic E-state index is -3.12. The van der Waals surface area contributed by atoms with Crippen LogP contribution in [-0.4, -0.2) is 73.0 Å². The number of carbonyl (C=O) groups excluding carboxylic acids is 2. The van der Waals surface area contributed by atoms with Gasteiger partial charge in [0.1, 0.15) is 5.60 Å². The molecule has 2 amide bonds. The normalized spacial score (nSPS) is 22.2. The fourth-order valence-corrected chi connectivity index (χ4v) is 6.07. The first kappa shape index (κ1) is 27.2. The third-order valence-corrected chi connectivity index (χ3v) is 7.47. The average molecular weight is 489 g/mol. The van der Waals surface area contributed by atoms with Gasteiger partial charge >= 0.3 is 6.09 Å². The summed E-state index contributed by atoms with van der Waals surface area (Å²) in [6, 6.07) is -0.901. The van der Waals surface area contributed by atoms with Crippen LogP contribution in [0.1, 0.15) is 73.1 Å². The van der Waals surface area contributed by atoms with Crippen molar-refractivity contribution in [1.29, 1.82) is 0 Å². The lowest BCUT2D eigenvalue weighted by Crippen LogP contribution is -2.48. The van der Waals surface area contributed by atoms with E-state index in [9.17, 15) is 18.0 Å². The zero-order chi connectivity index (χ0) is 24.8. The number of amidine groups is 1. The quantitative estimate of drug-likeness (QED) is 0.288. The molecule has 0 aromatic carbocycles. The molecule has 190 valence electrons. The Hall–Kier alpha value is -2.04. The van der Waals surface area contributed by atoms with Crippen molar-refractivity contribution >= 4 is 27.7 Å². The largest absolute Gasteiger partial charge is 0.444 e. The van der Waals surface area contributed by atoms with Crippen molar-refractivity contribution in [2.75, 3.05) is 18.1 Å². The number of alkyl carbamates (subject to hydrolysis) is 1. The molecule has 0 spiro atoms. The molecule has 2 rings (SSSR count). The van der Waals surface area contributed by atoms with Gasteiger partial charge in [0.25, 0.3) is 5.91 Å². The van der Waals surface area contributed by atoms with Crippen molar-refractivity contribution in [2.24, 2.45) is 16.8 Å². The molecular weight excluding hydrogens is 448 g/mol. The van der Waals surface area contributed by atoms with E-state index in [2.05, 4.69) is 10.5 Å². The van der Waals surface area contributed by atoms with Crippen LogP contribution in [-0.2, 0) is 24.2 Å². The first-order valence-electron chi connectivity index (χ1n) is 11.7. The van der Waals surface area contributed by atoms with Crippen molar-refractivity contribution in [1.82, 2.24) is 10.2 Å². The van der Waals surface area contributed by atoms with Gasteiger partial charge in [0.2, 0.25) is 0 Å². The van der Waals surface area contributed by atoms with E-state index < -0.39 is 27.6 Å². The molecule has 0 aromatic heterocycles. The number of nitrogens with zero attached hydrogens (tertiary/aromatic N) is 2. The highest BCUT2D eigenvalue weighted by Gasteiger charge is 2.39. The summed E-state index contributed by atoms with van der Waals surface area (Å²) in [5, 5.41) is 6.59. The maximum absolute atomic E-state index is 13.0. The molecular formula is C22H40N4O6S. The summed E-state index contributed by atoms with van der Waals surface area (Å²) < 4.78 is 29.2. The van der Waals surface area contributed by atoms with E-state index >= 15 is 0 Å². The Morgan fingerprint density at radius 3 is 2.30 bits per heavy atom. The Labute approximate surface area is 197 Å². The van der Waals surface area contributed by atoms with Crippen LogP contribution in [0.15, 0.2) is 5.16 Å². The Bertz CT molecular complexity index is 815. The van der Waals surface area contributed by atoms with Gasteiger partial charge in [-0.1, -0.05) is 31.8 Å². The second kappa shape index (κ2) is 11.4. The molecule has 1 saturated carbocycles. The maximum Gasteiger partial charge on any atom is 0.408 e. The lowest BCUT2D eigenvalue weighted by molar-refractivity contribution is -0.140. The van der Waals surface area contributed by atoms with Gasteiger partial charge < -0.3 is 25.5 Å². The number of sulfone groups is 1. The second-order valence-corrected chi connectivity index (χ2v) is 12.6. The monoisotopic (exact) mass is 488 g/mol. The van der Waals surface area contributed by atoms with Gasteiger partial charge in [-0.2, -0.15) is 0 Å². The minimum absolute atomic E-state index is 0.00306. The van der Waals surface area contributed by atoms with Gasteiger partial charge in [0, 0.05) is 12.1 Å². The number of hydrogen-bond acceptors (Lipinski definition) is 7. The van der Waals surface area contributed by atoms with Gasteiger partial charge in [-0.15, -0.1) is 0 Å². The van der Waals surface area contributed by atoms with E-state index in [1.54, 1.807) is 25.7 Å². The molecule has 1 heterocycles. The summed E-state index contributed by atoms with van der Waals surface area (Å²) in [6.45, 7) is 8.92. The molecule has 1 aliphatic heterocycles. The number of nitrogens with two attached hydrogens (primary N) is 1. The van der Waals surface area contributed by atoms with E-state index in [0.29, 0.717) is 12.8 Å². The Morgan fingerprint density at radius 2 is 1.79 bits per heavy atom. The number of ether oxygens (including phenoxy) is 1. The van der Waals surface area contributed by atoms with E-state index in [4.69, 9.17) is 15.3 Å². The molecule has 1 saturated heterocycles. The summed E-state index contributed by atoms with van der Waals surface area (Å²) in [5.41, 5.74) is 5.42. The number of amides is 2. The molecule has 2 atom stereocenters. The smallest absolute Gasteiger partial charge is 0.408 e. The Balaban J connectivity index is 2.02. The predicted molar refractivity (Wildman–Crippen MR) is 126 cm³/mol. The fourth-order valence-electron chi connectivity index (χ4n) is 4.36. The molecule has 10 nitrogen and oxygen atoms in total. The number of oxime groups is 1. The summed E-state index contributed by atoms with van der Waals surface area (Å²) in [7, 11) is -3.12. The van der Waals surface area contributed by atoms with Crippen LogP contribution in [0.4, 0.5) is 4.79 Å². The van der Waals surface area contributed by atoms with Crippen LogP contribution >= 0.6 is 0 Å². The lowest BCUT2D eigenvalue weighted by atomic mass is 10.0. The van der Waals surface area contributed by atoms with Crippen LogP contribution in [0.3, 0.4) is 0 Å². The molecule has 3 N–H and O–H groups in total. The zero-order valence-corrected chi connectivity index (χ0v) is 21.3. The van der Waals surface area contributed by atoms with Gasteiger partial charge in [-0.25, -0.2) is 13.2 Å². The van der Waals surface area contributed by atoms with Gasteiger partial charge in [0.15, 0.2) is 22.3 Å². The summed E-state index contributed by atoms with van der Waals surface area (Å²) in [4.78, 5) is 32.2. The minimum Gasteiger partial charge on any atom is -0.444 e. The van der Waals surface area contributed by atoms with Crippen molar-refractivity contribution < 1.29 is 27.6 Å². The molecule has 0 bridgehead atoms. The Morgan fingerprint density at radius 1 is 1.15 bits per heavy atom. The van der Waals surface area contributed by atoms with E-state index in [1.165, 1.54) is 0 Å². The van der Waals surface area contributed by atoms with Gasteiger partial charge in [-0.3, -0.25) is 4.79 Å². The van der Waals surface area contributed by atoms with Gasteiger partial charge in [-0.05, 0) is 52.4 Å². The third kappa shape index (κ3) is 9.02. The van der Waals surface area contributed by atoms with Crippen LogP contribution in [0.5, 0.6) is 0 Å². The first-order chi connectivity index (χ1) is 15.3. The highest BCUT2D eigenvalue weighted by Crippen LogP contribution is 2.29. The highest BCUT2D eigenvalue weighted by atomic mass is 32.2. The van der Waals surface area contributed by atoms with Crippen molar-refractivity contribution in [3.05, 3.63) is 0 Å². The zero-order valence-electron chi connectivity index (χ0n) is 20.5. The number of nitrogens with one attached hydrogen (secondary N) is 1. The average Bonchev–Trinajstić information content (AvgIpc) is 3.29. The second-order valence-electron chi connectivity index (χ2n) is 10.4. The van der Waals surface area contributed by atoms with Crippen molar-refractivity contribution in [2.45, 2.75) is 96.9 Å². The fraction of sp³-hybridized carbons (Fsp3) is 0.864. The topological polar surface area (TPSA) is 140 Å². The van der Waals surface area contributed by atoms with Crippen molar-refractivity contribution in [3.8, 4) is 0 Å². The molecule has 11 heteroatoms.